The van der Waals surface area contributed by atoms with Crippen molar-refractivity contribution in [1.82, 2.24) is 9.78 Å². The topological polar surface area (TPSA) is 43.8 Å². The maximum atomic E-state index is 6.03. The molecule has 0 aliphatic carbocycles. The van der Waals surface area contributed by atoms with Crippen molar-refractivity contribution < 1.29 is 0 Å². The number of rotatable bonds is 1. The SMILES string of the molecule is Cn1ncc2c(CN)ccc(Cl)c21. The van der Waals surface area contributed by atoms with Crippen LogP contribution >= 0.6 is 11.6 Å². The normalized spacial score (nSPS) is 11.0. The van der Waals surface area contributed by atoms with Gasteiger partial charge in [-0.1, -0.05) is 17.7 Å². The molecule has 0 aliphatic rings. The van der Waals surface area contributed by atoms with Gasteiger partial charge in [0.15, 0.2) is 0 Å². The predicted octanol–water partition coefficient (Wildman–Crippen LogP) is 1.69. The predicted molar refractivity (Wildman–Crippen MR) is 53.6 cm³/mol. The molecule has 0 unspecified atom stereocenters. The third-order valence-electron chi connectivity index (χ3n) is 2.16. The van der Waals surface area contributed by atoms with Crippen LogP contribution in [0, 0.1) is 0 Å². The summed E-state index contributed by atoms with van der Waals surface area (Å²) in [6.45, 7) is 0.513. The van der Waals surface area contributed by atoms with Crippen molar-refractivity contribution in [2.75, 3.05) is 0 Å². The Morgan fingerprint density at radius 3 is 3.00 bits per heavy atom. The van der Waals surface area contributed by atoms with Gasteiger partial charge < -0.3 is 5.73 Å². The molecule has 0 saturated heterocycles. The van der Waals surface area contributed by atoms with E-state index < -0.39 is 0 Å². The van der Waals surface area contributed by atoms with Crippen LogP contribution in [0.3, 0.4) is 0 Å². The van der Waals surface area contributed by atoms with Crippen LogP contribution in [-0.4, -0.2) is 9.78 Å². The maximum Gasteiger partial charge on any atom is 0.0868 e. The van der Waals surface area contributed by atoms with E-state index in [0.717, 1.165) is 16.5 Å². The Balaban J connectivity index is 2.87. The number of nitrogens with zero attached hydrogens (tertiary/aromatic N) is 2. The van der Waals surface area contributed by atoms with Crippen molar-refractivity contribution in [3.63, 3.8) is 0 Å². The third kappa shape index (κ3) is 1.20. The average Bonchev–Trinajstić information content (AvgIpc) is 2.50. The molecule has 0 aliphatic heterocycles. The Hall–Kier alpha value is -1.06. The van der Waals surface area contributed by atoms with E-state index in [4.69, 9.17) is 17.3 Å². The molecule has 2 aromatic rings. The largest absolute Gasteiger partial charge is 0.326 e. The van der Waals surface area contributed by atoms with Gasteiger partial charge in [0.25, 0.3) is 0 Å². The summed E-state index contributed by atoms with van der Waals surface area (Å²) < 4.78 is 1.76. The summed E-state index contributed by atoms with van der Waals surface area (Å²) >= 11 is 6.03. The summed E-state index contributed by atoms with van der Waals surface area (Å²) in [7, 11) is 1.87. The Kier molecular flexibility index (Phi) is 1.98. The van der Waals surface area contributed by atoms with Gasteiger partial charge in [0.05, 0.1) is 16.7 Å². The van der Waals surface area contributed by atoms with Crippen LogP contribution in [-0.2, 0) is 13.6 Å². The number of halogens is 1. The Bertz CT molecular complexity index is 447. The van der Waals surface area contributed by atoms with E-state index in [0.29, 0.717) is 11.6 Å². The highest BCUT2D eigenvalue weighted by Crippen LogP contribution is 2.25. The van der Waals surface area contributed by atoms with Crippen molar-refractivity contribution in [3.05, 3.63) is 28.9 Å². The second-order valence-corrected chi connectivity index (χ2v) is 3.35. The molecule has 0 fully saturated rings. The van der Waals surface area contributed by atoms with E-state index in [2.05, 4.69) is 5.10 Å². The molecule has 68 valence electrons. The van der Waals surface area contributed by atoms with Gasteiger partial charge in [-0.2, -0.15) is 5.10 Å². The van der Waals surface area contributed by atoms with Crippen LogP contribution in [0.25, 0.3) is 10.9 Å². The number of hydrogen-bond donors (Lipinski definition) is 1. The fourth-order valence-electron chi connectivity index (χ4n) is 1.48. The second-order valence-electron chi connectivity index (χ2n) is 2.94. The standard InChI is InChI=1S/C9H10ClN3/c1-13-9-7(5-12-13)6(4-11)2-3-8(9)10/h2-3,5H,4,11H2,1H3. The molecular formula is C9H10ClN3. The zero-order chi connectivity index (χ0) is 9.42. The maximum absolute atomic E-state index is 6.03. The molecule has 3 nitrogen and oxygen atoms in total. The number of aryl methyl sites for hydroxylation is 1. The lowest BCUT2D eigenvalue weighted by Crippen LogP contribution is -1.97. The van der Waals surface area contributed by atoms with Gasteiger partial charge in [-0.05, 0) is 11.6 Å². The Morgan fingerprint density at radius 2 is 2.31 bits per heavy atom. The highest BCUT2D eigenvalue weighted by atomic mass is 35.5. The van der Waals surface area contributed by atoms with Gasteiger partial charge in [0.2, 0.25) is 0 Å². The van der Waals surface area contributed by atoms with Gasteiger partial charge in [-0.15, -0.1) is 0 Å². The fourth-order valence-corrected chi connectivity index (χ4v) is 1.76. The molecule has 4 heteroatoms. The van der Waals surface area contributed by atoms with Crippen LogP contribution < -0.4 is 5.73 Å². The number of fused-ring (bicyclic) bond motifs is 1. The zero-order valence-corrected chi connectivity index (χ0v) is 8.04. The second kappa shape index (κ2) is 3.01. The molecule has 1 aromatic heterocycles. The molecule has 0 spiro atoms. The minimum absolute atomic E-state index is 0.513. The van der Waals surface area contributed by atoms with Gasteiger partial charge >= 0.3 is 0 Å². The van der Waals surface area contributed by atoms with Crippen molar-refractivity contribution >= 4 is 22.5 Å². The first-order chi connectivity index (χ1) is 6.24. The molecule has 2 rings (SSSR count). The minimum atomic E-state index is 0.513. The van der Waals surface area contributed by atoms with Crippen LogP contribution in [0.4, 0.5) is 0 Å². The molecule has 0 radical (unpaired) electrons. The van der Waals surface area contributed by atoms with E-state index >= 15 is 0 Å². The third-order valence-corrected chi connectivity index (χ3v) is 2.47. The molecule has 0 amide bonds. The summed E-state index contributed by atoms with van der Waals surface area (Å²) in [6.07, 6.45) is 1.80. The van der Waals surface area contributed by atoms with E-state index in [1.807, 2.05) is 19.2 Å². The molecule has 2 N–H and O–H groups in total. The van der Waals surface area contributed by atoms with Crippen LogP contribution in [0.1, 0.15) is 5.56 Å². The van der Waals surface area contributed by atoms with Gasteiger partial charge in [-0.3, -0.25) is 4.68 Å². The summed E-state index contributed by atoms with van der Waals surface area (Å²) in [6, 6.07) is 3.79. The highest BCUT2D eigenvalue weighted by molar-refractivity contribution is 6.35. The molecule has 0 atom stereocenters. The zero-order valence-electron chi connectivity index (χ0n) is 7.29. The lowest BCUT2D eigenvalue weighted by molar-refractivity contribution is 0.797. The first-order valence-electron chi connectivity index (χ1n) is 4.03. The van der Waals surface area contributed by atoms with Crippen molar-refractivity contribution in [3.8, 4) is 0 Å². The van der Waals surface area contributed by atoms with E-state index in [-0.39, 0.29) is 0 Å². The fraction of sp³-hybridized carbons (Fsp3) is 0.222. The summed E-state index contributed by atoms with van der Waals surface area (Å²) in [5.74, 6) is 0. The smallest absolute Gasteiger partial charge is 0.0868 e. The summed E-state index contributed by atoms with van der Waals surface area (Å²) in [4.78, 5) is 0. The summed E-state index contributed by atoms with van der Waals surface area (Å²) in [5.41, 5.74) is 7.62. The number of benzene rings is 1. The first-order valence-corrected chi connectivity index (χ1v) is 4.41. The van der Waals surface area contributed by atoms with Gasteiger partial charge in [0.1, 0.15) is 0 Å². The minimum Gasteiger partial charge on any atom is -0.326 e. The monoisotopic (exact) mass is 195 g/mol. The molecule has 13 heavy (non-hydrogen) atoms. The Labute approximate surface area is 81.1 Å². The molecule has 1 heterocycles. The van der Waals surface area contributed by atoms with E-state index in [9.17, 15) is 0 Å². The number of aromatic nitrogens is 2. The summed E-state index contributed by atoms with van der Waals surface area (Å²) in [5, 5.41) is 5.90. The number of hydrogen-bond acceptors (Lipinski definition) is 2. The average molecular weight is 196 g/mol. The lowest BCUT2D eigenvalue weighted by Gasteiger charge is -2.01. The van der Waals surface area contributed by atoms with Gasteiger partial charge in [0, 0.05) is 19.0 Å². The van der Waals surface area contributed by atoms with Crippen molar-refractivity contribution in [2.45, 2.75) is 6.54 Å². The molecule has 0 bridgehead atoms. The van der Waals surface area contributed by atoms with E-state index in [1.54, 1.807) is 10.9 Å². The quantitative estimate of drug-likeness (QED) is 0.753. The van der Waals surface area contributed by atoms with Crippen molar-refractivity contribution in [2.24, 2.45) is 12.8 Å². The Morgan fingerprint density at radius 1 is 1.54 bits per heavy atom. The van der Waals surface area contributed by atoms with Crippen LogP contribution in [0.15, 0.2) is 18.3 Å². The van der Waals surface area contributed by atoms with E-state index in [1.165, 1.54) is 0 Å². The first kappa shape index (κ1) is 8.53. The molecule has 1 aromatic carbocycles. The number of nitrogens with two attached hydrogens (primary N) is 1. The lowest BCUT2D eigenvalue weighted by atomic mass is 10.1. The van der Waals surface area contributed by atoms with Crippen molar-refractivity contribution in [1.29, 1.82) is 0 Å². The highest BCUT2D eigenvalue weighted by Gasteiger charge is 2.07. The molecular weight excluding hydrogens is 186 g/mol. The van der Waals surface area contributed by atoms with Crippen LogP contribution in [0.2, 0.25) is 5.02 Å². The van der Waals surface area contributed by atoms with Crippen LogP contribution in [0.5, 0.6) is 0 Å². The molecule has 0 saturated carbocycles. The van der Waals surface area contributed by atoms with Gasteiger partial charge in [-0.25, -0.2) is 0 Å².